The van der Waals surface area contributed by atoms with Gasteiger partial charge in [-0.3, -0.25) is 9.59 Å². The molecule has 0 saturated carbocycles. The average Bonchev–Trinajstić information content (AvgIpc) is 2.31. The highest BCUT2D eigenvalue weighted by molar-refractivity contribution is 5.37. The van der Waals surface area contributed by atoms with Gasteiger partial charge in [-0.25, -0.2) is 0 Å². The largest absolute Gasteiger partial charge is 0.489 e. The van der Waals surface area contributed by atoms with Crippen molar-refractivity contribution in [3.8, 4) is 5.75 Å². The summed E-state index contributed by atoms with van der Waals surface area (Å²) in [4.78, 5) is 21.9. The molecular formula is C13H20O3. The lowest BCUT2D eigenvalue weighted by molar-refractivity contribution is 0.296. The van der Waals surface area contributed by atoms with Crippen LogP contribution in [0.15, 0.2) is 9.59 Å². The molecule has 3 heteroatoms. The minimum Gasteiger partial charge on any atom is -0.489 e. The van der Waals surface area contributed by atoms with Crippen LogP contribution in [0.3, 0.4) is 0 Å². The molecule has 0 aliphatic heterocycles. The summed E-state index contributed by atoms with van der Waals surface area (Å²) in [6, 6.07) is 0. The number of unbranched alkanes of at least 4 members (excludes halogenated alkanes) is 5. The summed E-state index contributed by atoms with van der Waals surface area (Å²) in [6.07, 6.45) is 7.13. The fourth-order valence-electron chi connectivity index (χ4n) is 1.71. The lowest BCUT2D eigenvalue weighted by atomic mass is 10.1. The van der Waals surface area contributed by atoms with Crippen molar-refractivity contribution in [2.45, 2.75) is 52.4 Å². The molecule has 0 saturated heterocycles. The van der Waals surface area contributed by atoms with Crippen LogP contribution in [0.25, 0.3) is 0 Å². The van der Waals surface area contributed by atoms with E-state index in [0.29, 0.717) is 17.9 Å². The molecule has 90 valence electrons. The summed E-state index contributed by atoms with van der Waals surface area (Å²) in [5.74, 6) is 0.290. The minimum absolute atomic E-state index is 0.290. The summed E-state index contributed by atoms with van der Waals surface area (Å²) in [6.45, 7) is 4.38. The number of hydrogen-bond donors (Lipinski definition) is 0. The Hall–Kier alpha value is -1.12. The Bertz CT molecular complexity index is 386. The molecule has 0 fully saturated rings. The van der Waals surface area contributed by atoms with Crippen molar-refractivity contribution < 1.29 is 4.74 Å². The van der Waals surface area contributed by atoms with Gasteiger partial charge in [0, 0.05) is 5.56 Å². The van der Waals surface area contributed by atoms with E-state index < -0.39 is 10.9 Å². The molecule has 0 atom stereocenters. The maximum absolute atomic E-state index is 11.0. The SMILES string of the molecule is CCCCCCCCOc1c(C)c(=O)c1=O. The van der Waals surface area contributed by atoms with Crippen LogP contribution in [-0.2, 0) is 0 Å². The monoisotopic (exact) mass is 224 g/mol. The van der Waals surface area contributed by atoms with Crippen LogP contribution in [0, 0.1) is 6.92 Å². The second-order valence-electron chi connectivity index (χ2n) is 4.23. The Kier molecular flexibility index (Phi) is 5.23. The molecule has 0 spiro atoms. The van der Waals surface area contributed by atoms with Gasteiger partial charge in [0.1, 0.15) is 0 Å². The van der Waals surface area contributed by atoms with Gasteiger partial charge in [0.25, 0.3) is 5.43 Å². The Morgan fingerprint density at radius 1 is 0.938 bits per heavy atom. The van der Waals surface area contributed by atoms with Gasteiger partial charge in [-0.2, -0.15) is 0 Å². The van der Waals surface area contributed by atoms with Crippen molar-refractivity contribution in [2.24, 2.45) is 0 Å². The number of ether oxygens (including phenoxy) is 1. The molecule has 0 amide bonds. The normalized spacial score (nSPS) is 10.9. The van der Waals surface area contributed by atoms with E-state index >= 15 is 0 Å². The summed E-state index contributed by atoms with van der Waals surface area (Å²) >= 11 is 0. The number of rotatable bonds is 8. The van der Waals surface area contributed by atoms with Crippen molar-refractivity contribution in [1.82, 2.24) is 0 Å². The smallest absolute Gasteiger partial charge is 0.268 e. The zero-order valence-corrected chi connectivity index (χ0v) is 10.2. The van der Waals surface area contributed by atoms with E-state index in [2.05, 4.69) is 6.92 Å². The maximum atomic E-state index is 11.0. The van der Waals surface area contributed by atoms with E-state index in [1.54, 1.807) is 6.92 Å². The lowest BCUT2D eigenvalue weighted by Crippen LogP contribution is -2.35. The van der Waals surface area contributed by atoms with Gasteiger partial charge in [-0.15, -0.1) is 0 Å². The van der Waals surface area contributed by atoms with Gasteiger partial charge >= 0.3 is 0 Å². The second-order valence-corrected chi connectivity index (χ2v) is 4.23. The Morgan fingerprint density at radius 3 is 2.19 bits per heavy atom. The summed E-state index contributed by atoms with van der Waals surface area (Å²) in [5.41, 5.74) is -0.364. The third-order valence-corrected chi connectivity index (χ3v) is 2.84. The molecule has 0 aliphatic rings. The van der Waals surface area contributed by atoms with Crippen molar-refractivity contribution in [1.29, 1.82) is 0 Å². The molecule has 1 aromatic rings. The van der Waals surface area contributed by atoms with Gasteiger partial charge in [0.2, 0.25) is 5.43 Å². The average molecular weight is 224 g/mol. The second kappa shape index (κ2) is 6.46. The summed E-state index contributed by atoms with van der Waals surface area (Å²) in [7, 11) is 0. The molecule has 1 aromatic carbocycles. The molecule has 16 heavy (non-hydrogen) atoms. The summed E-state index contributed by atoms with van der Waals surface area (Å²) < 4.78 is 5.29. The van der Waals surface area contributed by atoms with E-state index in [1.807, 2.05) is 0 Å². The third-order valence-electron chi connectivity index (χ3n) is 2.84. The van der Waals surface area contributed by atoms with Crippen molar-refractivity contribution in [2.75, 3.05) is 6.61 Å². The topological polar surface area (TPSA) is 43.4 Å². The van der Waals surface area contributed by atoms with Crippen LogP contribution in [0.4, 0.5) is 0 Å². The van der Waals surface area contributed by atoms with Crippen LogP contribution < -0.4 is 15.6 Å². The van der Waals surface area contributed by atoms with E-state index in [0.717, 1.165) is 12.8 Å². The third kappa shape index (κ3) is 3.19. The fraction of sp³-hybridized carbons (Fsp3) is 0.692. The lowest BCUT2D eigenvalue weighted by Gasteiger charge is -2.09. The first-order chi connectivity index (χ1) is 7.68. The van der Waals surface area contributed by atoms with Crippen molar-refractivity contribution in [3.63, 3.8) is 0 Å². The fourth-order valence-corrected chi connectivity index (χ4v) is 1.71. The molecule has 0 unspecified atom stereocenters. The Labute approximate surface area is 96.1 Å². The molecule has 1 rings (SSSR count). The van der Waals surface area contributed by atoms with Gasteiger partial charge in [0.05, 0.1) is 6.61 Å². The van der Waals surface area contributed by atoms with Gasteiger partial charge in [-0.1, -0.05) is 39.0 Å². The first kappa shape index (κ1) is 12.9. The molecule has 0 bridgehead atoms. The predicted octanol–water partition coefficient (Wildman–Crippen LogP) is 2.33. The van der Waals surface area contributed by atoms with Crippen LogP contribution in [-0.4, -0.2) is 6.61 Å². The van der Waals surface area contributed by atoms with Gasteiger partial charge in [-0.05, 0) is 13.3 Å². The van der Waals surface area contributed by atoms with Crippen molar-refractivity contribution >= 4 is 0 Å². The highest BCUT2D eigenvalue weighted by Gasteiger charge is 2.17. The highest BCUT2D eigenvalue weighted by atomic mass is 16.5. The van der Waals surface area contributed by atoms with Gasteiger partial charge < -0.3 is 4.74 Å². The molecule has 0 aromatic heterocycles. The standard InChI is InChI=1S/C13H20O3/c1-3-4-5-6-7-8-9-16-13-10(2)11(14)12(13)15/h3-9H2,1-2H3. The Morgan fingerprint density at radius 2 is 1.56 bits per heavy atom. The van der Waals surface area contributed by atoms with Crippen LogP contribution >= 0.6 is 0 Å². The quantitative estimate of drug-likeness (QED) is 0.503. The molecular weight excluding hydrogens is 204 g/mol. The highest BCUT2D eigenvalue weighted by Crippen LogP contribution is 2.10. The van der Waals surface area contributed by atoms with E-state index in [4.69, 9.17) is 4.74 Å². The van der Waals surface area contributed by atoms with Crippen LogP contribution in [0.1, 0.15) is 51.0 Å². The van der Waals surface area contributed by atoms with E-state index in [1.165, 1.54) is 25.7 Å². The first-order valence-corrected chi connectivity index (χ1v) is 6.11. The minimum atomic E-state index is -0.455. The first-order valence-electron chi connectivity index (χ1n) is 6.11. The van der Waals surface area contributed by atoms with E-state index in [-0.39, 0.29) is 0 Å². The van der Waals surface area contributed by atoms with Crippen LogP contribution in [0.5, 0.6) is 5.75 Å². The predicted molar refractivity (Wildman–Crippen MR) is 65.0 cm³/mol. The molecule has 0 radical (unpaired) electrons. The molecule has 0 heterocycles. The maximum Gasteiger partial charge on any atom is 0.268 e. The number of hydrogen-bond acceptors (Lipinski definition) is 3. The molecule has 3 nitrogen and oxygen atoms in total. The van der Waals surface area contributed by atoms with E-state index in [9.17, 15) is 9.59 Å². The zero-order valence-electron chi connectivity index (χ0n) is 10.2. The molecule has 0 N–H and O–H groups in total. The van der Waals surface area contributed by atoms with Crippen LogP contribution in [0.2, 0.25) is 0 Å². The van der Waals surface area contributed by atoms with Crippen molar-refractivity contribution in [3.05, 3.63) is 26.0 Å². The summed E-state index contributed by atoms with van der Waals surface area (Å²) in [5, 5.41) is 0. The van der Waals surface area contributed by atoms with Gasteiger partial charge in [0.15, 0.2) is 5.75 Å². The zero-order chi connectivity index (χ0) is 12.0. The molecule has 0 aliphatic carbocycles. The Balaban J connectivity index is 2.09.